The molecule has 98 valence electrons. The lowest BCUT2D eigenvalue weighted by molar-refractivity contribution is -0.121. The van der Waals surface area contributed by atoms with Gasteiger partial charge in [0.2, 0.25) is 5.91 Å². The molecule has 1 amide bonds. The largest absolute Gasteiger partial charge is 0.387 e. The Kier molecular flexibility index (Phi) is 8.16. The smallest absolute Gasteiger partial charge is 0.220 e. The van der Waals surface area contributed by atoms with Gasteiger partial charge in [0.15, 0.2) is 0 Å². The van der Waals surface area contributed by atoms with Crippen molar-refractivity contribution in [2.45, 2.75) is 31.9 Å². The van der Waals surface area contributed by atoms with Crippen molar-refractivity contribution in [2.75, 3.05) is 6.54 Å². The normalized spacial score (nSPS) is 13.6. The molecule has 0 saturated heterocycles. The van der Waals surface area contributed by atoms with Crippen molar-refractivity contribution in [3.05, 3.63) is 22.4 Å². The van der Waals surface area contributed by atoms with Crippen LogP contribution in [0.4, 0.5) is 0 Å². The maximum absolute atomic E-state index is 11.3. The van der Waals surface area contributed by atoms with Gasteiger partial charge in [-0.05, 0) is 35.7 Å². The lowest BCUT2D eigenvalue weighted by Gasteiger charge is -2.11. The van der Waals surface area contributed by atoms with Crippen molar-refractivity contribution in [1.82, 2.24) is 5.32 Å². The molecule has 4 N–H and O–H groups in total. The second kappa shape index (κ2) is 8.47. The van der Waals surface area contributed by atoms with Crippen molar-refractivity contribution >= 4 is 29.7 Å². The number of aliphatic hydroxyl groups is 1. The summed E-state index contributed by atoms with van der Waals surface area (Å²) in [6, 6.07) is 1.89. The quantitative estimate of drug-likeness (QED) is 0.737. The second-order valence-corrected chi connectivity index (χ2v) is 4.67. The number of aliphatic hydroxyl groups excluding tert-OH is 1. The van der Waals surface area contributed by atoms with Crippen molar-refractivity contribution in [3.8, 4) is 0 Å². The predicted octanol–water partition coefficient (Wildman–Crippen LogP) is 1.45. The first kappa shape index (κ1) is 16.4. The summed E-state index contributed by atoms with van der Waals surface area (Å²) >= 11 is 1.53. The Bertz CT molecular complexity index is 317. The van der Waals surface area contributed by atoms with Gasteiger partial charge in [0.05, 0.1) is 6.10 Å². The molecule has 0 spiro atoms. The molecular weight excluding hydrogens is 260 g/mol. The summed E-state index contributed by atoms with van der Waals surface area (Å²) in [6.07, 6.45) is 0.458. The van der Waals surface area contributed by atoms with Crippen molar-refractivity contribution in [1.29, 1.82) is 0 Å². The molecule has 0 saturated carbocycles. The summed E-state index contributed by atoms with van der Waals surface area (Å²) in [7, 11) is 0. The summed E-state index contributed by atoms with van der Waals surface area (Å²) in [5, 5.41) is 16.2. The minimum absolute atomic E-state index is 0. The maximum Gasteiger partial charge on any atom is 0.220 e. The SMILES string of the molecule is CC(N)CCC(=O)NCC(O)c1ccsc1.Cl. The number of carbonyl (C=O) groups excluding carboxylic acids is 1. The van der Waals surface area contributed by atoms with E-state index in [-0.39, 0.29) is 30.9 Å². The van der Waals surface area contributed by atoms with E-state index in [4.69, 9.17) is 5.73 Å². The highest BCUT2D eigenvalue weighted by molar-refractivity contribution is 7.07. The number of nitrogens with one attached hydrogen (secondary N) is 1. The zero-order valence-electron chi connectivity index (χ0n) is 9.76. The maximum atomic E-state index is 11.3. The van der Waals surface area contributed by atoms with Gasteiger partial charge in [-0.25, -0.2) is 0 Å². The summed E-state index contributed by atoms with van der Waals surface area (Å²) in [4.78, 5) is 11.3. The van der Waals surface area contributed by atoms with E-state index in [1.165, 1.54) is 11.3 Å². The van der Waals surface area contributed by atoms with E-state index >= 15 is 0 Å². The molecule has 2 atom stereocenters. The average molecular weight is 279 g/mol. The van der Waals surface area contributed by atoms with Crippen molar-refractivity contribution in [2.24, 2.45) is 5.73 Å². The van der Waals surface area contributed by atoms with Gasteiger partial charge in [0.25, 0.3) is 0 Å². The lowest BCUT2D eigenvalue weighted by Crippen LogP contribution is -2.29. The zero-order chi connectivity index (χ0) is 12.0. The summed E-state index contributed by atoms with van der Waals surface area (Å²) in [6.45, 7) is 2.13. The molecule has 6 heteroatoms. The minimum Gasteiger partial charge on any atom is -0.387 e. The van der Waals surface area contributed by atoms with Crippen LogP contribution in [0.1, 0.15) is 31.4 Å². The second-order valence-electron chi connectivity index (χ2n) is 3.89. The minimum atomic E-state index is -0.620. The number of amides is 1. The number of carbonyl (C=O) groups is 1. The van der Waals surface area contributed by atoms with Gasteiger partial charge in [0, 0.05) is 19.0 Å². The van der Waals surface area contributed by atoms with Crippen LogP contribution in [0, 0.1) is 0 Å². The molecule has 1 aromatic rings. The van der Waals surface area contributed by atoms with Gasteiger partial charge in [-0.15, -0.1) is 12.4 Å². The fourth-order valence-corrected chi connectivity index (χ4v) is 1.95. The number of halogens is 1. The van der Waals surface area contributed by atoms with E-state index in [1.54, 1.807) is 0 Å². The molecule has 0 aliphatic heterocycles. The van der Waals surface area contributed by atoms with Crippen molar-refractivity contribution in [3.63, 3.8) is 0 Å². The molecule has 0 radical (unpaired) electrons. The van der Waals surface area contributed by atoms with Crippen LogP contribution in [0.2, 0.25) is 0 Å². The third-order valence-corrected chi connectivity index (χ3v) is 2.95. The third-order valence-electron chi connectivity index (χ3n) is 2.25. The molecule has 0 fully saturated rings. The van der Waals surface area contributed by atoms with Crippen LogP contribution < -0.4 is 11.1 Å². The molecular formula is C11H19ClN2O2S. The Morgan fingerprint density at radius 3 is 2.88 bits per heavy atom. The third kappa shape index (κ3) is 6.63. The number of nitrogens with two attached hydrogens (primary N) is 1. The first-order valence-corrected chi connectivity index (χ1v) is 6.26. The van der Waals surface area contributed by atoms with Crippen LogP contribution in [0.3, 0.4) is 0 Å². The van der Waals surface area contributed by atoms with Gasteiger partial charge in [0.1, 0.15) is 0 Å². The van der Waals surface area contributed by atoms with Crippen LogP contribution in [-0.2, 0) is 4.79 Å². The van der Waals surface area contributed by atoms with Crippen LogP contribution in [-0.4, -0.2) is 23.6 Å². The fourth-order valence-electron chi connectivity index (χ4n) is 1.24. The van der Waals surface area contributed by atoms with Gasteiger partial charge in [-0.2, -0.15) is 11.3 Å². The summed E-state index contributed by atoms with van der Waals surface area (Å²) in [5.74, 6) is -0.0634. The fraction of sp³-hybridized carbons (Fsp3) is 0.545. The standard InChI is InChI=1S/C11H18N2O2S.ClH/c1-8(12)2-3-11(15)13-6-10(14)9-4-5-16-7-9;/h4-5,7-8,10,14H,2-3,6,12H2,1H3,(H,13,15);1H. The van der Waals surface area contributed by atoms with Crippen LogP contribution in [0.15, 0.2) is 16.8 Å². The van der Waals surface area contributed by atoms with E-state index in [1.807, 2.05) is 23.8 Å². The zero-order valence-corrected chi connectivity index (χ0v) is 11.4. The van der Waals surface area contributed by atoms with E-state index in [0.717, 1.165) is 5.56 Å². The van der Waals surface area contributed by atoms with Crippen LogP contribution in [0.25, 0.3) is 0 Å². The predicted molar refractivity (Wildman–Crippen MR) is 72.4 cm³/mol. The molecule has 0 aliphatic rings. The Labute approximate surface area is 112 Å². The number of hydrogen-bond acceptors (Lipinski definition) is 4. The molecule has 4 nitrogen and oxygen atoms in total. The van der Waals surface area contributed by atoms with Gasteiger partial charge < -0.3 is 16.2 Å². The molecule has 0 aliphatic carbocycles. The first-order chi connectivity index (χ1) is 7.59. The highest BCUT2D eigenvalue weighted by atomic mass is 35.5. The average Bonchev–Trinajstić information content (AvgIpc) is 2.76. The number of thiophene rings is 1. The molecule has 1 aromatic heterocycles. The topological polar surface area (TPSA) is 75.4 Å². The van der Waals surface area contributed by atoms with Crippen LogP contribution in [0.5, 0.6) is 0 Å². The highest BCUT2D eigenvalue weighted by Crippen LogP contribution is 2.14. The molecule has 1 rings (SSSR count). The summed E-state index contributed by atoms with van der Waals surface area (Å²) < 4.78 is 0. The van der Waals surface area contributed by atoms with E-state index in [0.29, 0.717) is 12.8 Å². The summed E-state index contributed by atoms with van der Waals surface area (Å²) in [5.41, 5.74) is 6.39. The van der Waals surface area contributed by atoms with Gasteiger partial charge in [-0.3, -0.25) is 4.79 Å². The molecule has 17 heavy (non-hydrogen) atoms. The first-order valence-electron chi connectivity index (χ1n) is 5.32. The number of hydrogen-bond donors (Lipinski definition) is 3. The number of rotatable bonds is 6. The molecule has 2 unspecified atom stereocenters. The van der Waals surface area contributed by atoms with Gasteiger partial charge >= 0.3 is 0 Å². The van der Waals surface area contributed by atoms with Gasteiger partial charge in [-0.1, -0.05) is 0 Å². The van der Waals surface area contributed by atoms with Crippen LogP contribution >= 0.6 is 23.7 Å². The highest BCUT2D eigenvalue weighted by Gasteiger charge is 2.09. The molecule has 0 aromatic carbocycles. The molecule has 1 heterocycles. The van der Waals surface area contributed by atoms with E-state index in [2.05, 4.69) is 5.32 Å². The van der Waals surface area contributed by atoms with E-state index < -0.39 is 6.10 Å². The Hall–Kier alpha value is -0.620. The van der Waals surface area contributed by atoms with Crippen molar-refractivity contribution < 1.29 is 9.90 Å². The van der Waals surface area contributed by atoms with E-state index in [9.17, 15) is 9.90 Å². The molecule has 0 bridgehead atoms. The lowest BCUT2D eigenvalue weighted by atomic mass is 10.1. The Balaban J connectivity index is 0.00000256. The Morgan fingerprint density at radius 1 is 1.65 bits per heavy atom. The monoisotopic (exact) mass is 278 g/mol. The Morgan fingerprint density at radius 2 is 2.35 bits per heavy atom.